The van der Waals surface area contributed by atoms with Crippen molar-refractivity contribution in [2.45, 2.75) is 25.8 Å². The molecule has 1 aliphatic rings. The second-order valence-electron chi connectivity index (χ2n) is 6.40. The van der Waals surface area contributed by atoms with E-state index in [1.165, 1.54) is 10.6 Å². The SMILES string of the molecule is CS(=O)(=O)N1CCc2cc(OCCCc3cccc(O)c3)ccc2C1. The molecule has 2 aromatic carbocycles. The molecule has 0 radical (unpaired) electrons. The van der Waals surface area contributed by atoms with Crippen LogP contribution in [0.1, 0.15) is 23.1 Å². The molecule has 1 N–H and O–H groups in total. The molecule has 0 aliphatic carbocycles. The van der Waals surface area contributed by atoms with Gasteiger partial charge in [0.15, 0.2) is 0 Å². The molecule has 2 aromatic rings. The molecule has 0 spiro atoms. The average molecular weight is 361 g/mol. The summed E-state index contributed by atoms with van der Waals surface area (Å²) in [5.41, 5.74) is 3.30. The maximum absolute atomic E-state index is 11.7. The second-order valence-corrected chi connectivity index (χ2v) is 8.38. The van der Waals surface area contributed by atoms with Gasteiger partial charge in [-0.05, 0) is 60.2 Å². The van der Waals surface area contributed by atoms with Gasteiger partial charge in [-0.15, -0.1) is 0 Å². The Morgan fingerprint density at radius 2 is 2.00 bits per heavy atom. The van der Waals surface area contributed by atoms with Gasteiger partial charge in [-0.25, -0.2) is 8.42 Å². The summed E-state index contributed by atoms with van der Waals surface area (Å²) in [5.74, 6) is 1.11. The molecular formula is C19H23NO4S. The van der Waals surface area contributed by atoms with Crippen molar-refractivity contribution in [1.82, 2.24) is 4.31 Å². The van der Waals surface area contributed by atoms with Gasteiger partial charge < -0.3 is 9.84 Å². The normalized spacial score (nSPS) is 14.9. The highest BCUT2D eigenvalue weighted by Gasteiger charge is 2.23. The number of hydrogen-bond donors (Lipinski definition) is 1. The Hall–Kier alpha value is -2.05. The van der Waals surface area contributed by atoms with Gasteiger partial charge in [0, 0.05) is 13.1 Å². The lowest BCUT2D eigenvalue weighted by atomic mass is 10.0. The third kappa shape index (κ3) is 4.74. The number of hydrogen-bond acceptors (Lipinski definition) is 4. The van der Waals surface area contributed by atoms with E-state index in [1.54, 1.807) is 12.1 Å². The summed E-state index contributed by atoms with van der Waals surface area (Å²) >= 11 is 0. The zero-order valence-electron chi connectivity index (χ0n) is 14.3. The van der Waals surface area contributed by atoms with Gasteiger partial charge in [-0.3, -0.25) is 0 Å². The Morgan fingerprint density at radius 3 is 2.76 bits per heavy atom. The zero-order chi connectivity index (χ0) is 17.9. The molecule has 0 aromatic heterocycles. The van der Waals surface area contributed by atoms with Crippen LogP contribution in [0.5, 0.6) is 11.5 Å². The van der Waals surface area contributed by atoms with Crippen LogP contribution in [0.4, 0.5) is 0 Å². The molecule has 5 nitrogen and oxygen atoms in total. The summed E-state index contributed by atoms with van der Waals surface area (Å²) in [4.78, 5) is 0. The van der Waals surface area contributed by atoms with E-state index in [9.17, 15) is 13.5 Å². The van der Waals surface area contributed by atoms with Crippen LogP contribution in [0.25, 0.3) is 0 Å². The van der Waals surface area contributed by atoms with Crippen LogP contribution in [-0.2, 0) is 29.4 Å². The Balaban J connectivity index is 1.53. The van der Waals surface area contributed by atoms with Crippen LogP contribution < -0.4 is 4.74 Å². The van der Waals surface area contributed by atoms with E-state index >= 15 is 0 Å². The summed E-state index contributed by atoms with van der Waals surface area (Å²) in [6, 6.07) is 13.1. The fraction of sp³-hybridized carbons (Fsp3) is 0.368. The third-order valence-electron chi connectivity index (χ3n) is 4.41. The number of phenolic OH excluding ortho intramolecular Hbond substituents is 1. The van der Waals surface area contributed by atoms with Gasteiger partial charge in [0.05, 0.1) is 12.9 Å². The molecule has 134 valence electrons. The summed E-state index contributed by atoms with van der Waals surface area (Å²) in [5, 5.41) is 9.46. The number of aryl methyl sites for hydroxylation is 1. The van der Waals surface area contributed by atoms with E-state index in [2.05, 4.69) is 0 Å². The number of rotatable bonds is 6. The largest absolute Gasteiger partial charge is 0.508 e. The smallest absolute Gasteiger partial charge is 0.211 e. The molecule has 1 aliphatic heterocycles. The van der Waals surface area contributed by atoms with Crippen LogP contribution >= 0.6 is 0 Å². The van der Waals surface area contributed by atoms with Crippen molar-refractivity contribution in [3.05, 3.63) is 59.2 Å². The lowest BCUT2D eigenvalue weighted by Crippen LogP contribution is -2.35. The van der Waals surface area contributed by atoms with E-state index in [4.69, 9.17) is 4.74 Å². The van der Waals surface area contributed by atoms with Crippen LogP contribution in [0, 0.1) is 0 Å². The van der Waals surface area contributed by atoms with E-state index in [-0.39, 0.29) is 5.75 Å². The van der Waals surface area contributed by atoms with E-state index in [1.807, 2.05) is 30.3 Å². The van der Waals surface area contributed by atoms with Crippen molar-refractivity contribution in [3.8, 4) is 11.5 Å². The van der Waals surface area contributed by atoms with Crippen LogP contribution in [0.15, 0.2) is 42.5 Å². The number of ether oxygens (including phenoxy) is 1. The average Bonchev–Trinajstić information content (AvgIpc) is 2.57. The minimum atomic E-state index is -3.14. The number of aromatic hydroxyl groups is 1. The number of sulfonamides is 1. The summed E-state index contributed by atoms with van der Waals surface area (Å²) < 4.78 is 30.7. The highest BCUT2D eigenvalue weighted by Crippen LogP contribution is 2.25. The lowest BCUT2D eigenvalue weighted by molar-refractivity contribution is 0.309. The minimum absolute atomic E-state index is 0.288. The standard InChI is InChI=1S/C19H23NO4S/c1-25(22,23)20-10-9-16-13-19(8-7-17(16)14-20)24-11-3-5-15-4-2-6-18(21)12-15/h2,4,6-8,12-13,21H,3,5,9-11,14H2,1H3. The van der Waals surface area contributed by atoms with E-state index in [0.717, 1.165) is 35.3 Å². The fourth-order valence-electron chi connectivity index (χ4n) is 3.05. The van der Waals surface area contributed by atoms with Gasteiger partial charge in [0.25, 0.3) is 0 Å². The first-order valence-corrected chi connectivity index (χ1v) is 10.2. The molecule has 0 saturated heterocycles. The van der Waals surface area contributed by atoms with Crippen molar-refractivity contribution < 1.29 is 18.3 Å². The molecule has 0 bridgehead atoms. The van der Waals surface area contributed by atoms with E-state index < -0.39 is 10.0 Å². The van der Waals surface area contributed by atoms with Crippen molar-refractivity contribution in [2.75, 3.05) is 19.4 Å². The van der Waals surface area contributed by atoms with Crippen LogP contribution in [-0.4, -0.2) is 37.2 Å². The molecule has 0 saturated carbocycles. The molecule has 6 heteroatoms. The monoisotopic (exact) mass is 361 g/mol. The molecule has 0 fully saturated rings. The quantitative estimate of drug-likeness (QED) is 0.804. The first kappa shape index (κ1) is 17.8. The molecule has 0 amide bonds. The fourth-order valence-corrected chi connectivity index (χ4v) is 3.85. The van der Waals surface area contributed by atoms with Crippen molar-refractivity contribution >= 4 is 10.0 Å². The summed E-state index contributed by atoms with van der Waals surface area (Å²) in [7, 11) is -3.14. The predicted molar refractivity (Wildman–Crippen MR) is 97.3 cm³/mol. The summed E-state index contributed by atoms with van der Waals surface area (Å²) in [6.07, 6.45) is 3.68. The van der Waals surface area contributed by atoms with Crippen molar-refractivity contribution in [3.63, 3.8) is 0 Å². The van der Waals surface area contributed by atoms with Gasteiger partial charge >= 0.3 is 0 Å². The maximum Gasteiger partial charge on any atom is 0.211 e. The van der Waals surface area contributed by atoms with Crippen molar-refractivity contribution in [2.24, 2.45) is 0 Å². The Labute approximate surface area is 148 Å². The highest BCUT2D eigenvalue weighted by molar-refractivity contribution is 7.88. The third-order valence-corrected chi connectivity index (χ3v) is 5.66. The van der Waals surface area contributed by atoms with Gasteiger partial charge in [0.2, 0.25) is 10.0 Å². The first-order valence-electron chi connectivity index (χ1n) is 8.39. The number of nitrogens with zero attached hydrogens (tertiary/aromatic N) is 1. The minimum Gasteiger partial charge on any atom is -0.508 e. The number of benzene rings is 2. The predicted octanol–water partition coefficient (Wildman–Crippen LogP) is 2.72. The highest BCUT2D eigenvalue weighted by atomic mass is 32.2. The zero-order valence-corrected chi connectivity index (χ0v) is 15.1. The van der Waals surface area contributed by atoms with E-state index in [0.29, 0.717) is 26.1 Å². The van der Waals surface area contributed by atoms with Crippen LogP contribution in [0.3, 0.4) is 0 Å². The molecule has 3 rings (SSSR count). The first-order chi connectivity index (χ1) is 11.9. The van der Waals surface area contributed by atoms with Gasteiger partial charge in [0.1, 0.15) is 11.5 Å². The Bertz CT molecular complexity index is 848. The molecule has 0 unspecified atom stereocenters. The maximum atomic E-state index is 11.7. The molecule has 1 heterocycles. The van der Waals surface area contributed by atoms with Crippen molar-refractivity contribution in [1.29, 1.82) is 0 Å². The van der Waals surface area contributed by atoms with Crippen LogP contribution in [0.2, 0.25) is 0 Å². The number of fused-ring (bicyclic) bond motifs is 1. The Morgan fingerprint density at radius 1 is 1.16 bits per heavy atom. The van der Waals surface area contributed by atoms with Gasteiger partial charge in [-0.2, -0.15) is 4.31 Å². The summed E-state index contributed by atoms with van der Waals surface area (Å²) in [6.45, 7) is 1.56. The van der Waals surface area contributed by atoms with Gasteiger partial charge in [-0.1, -0.05) is 18.2 Å². The molecule has 0 atom stereocenters. The lowest BCUT2D eigenvalue weighted by Gasteiger charge is -2.27. The molecular weight excluding hydrogens is 338 g/mol. The Kier molecular flexibility index (Phi) is 5.30. The topological polar surface area (TPSA) is 66.8 Å². The molecule has 25 heavy (non-hydrogen) atoms. The second kappa shape index (κ2) is 7.45. The number of phenols is 1.